The van der Waals surface area contributed by atoms with Gasteiger partial charge in [-0.25, -0.2) is 8.78 Å². The third kappa shape index (κ3) is 4.28. The van der Waals surface area contributed by atoms with Crippen LogP contribution < -0.4 is 0 Å². The number of alkyl halides is 2. The molecule has 2 aromatic heterocycles. The lowest BCUT2D eigenvalue weighted by atomic mass is 9.87. The monoisotopic (exact) mass is 451 g/mol. The Kier molecular flexibility index (Phi) is 5.71. The number of rotatable bonds is 4. The average molecular weight is 452 g/mol. The van der Waals surface area contributed by atoms with Crippen LogP contribution in [0.25, 0.3) is 22.2 Å². The summed E-state index contributed by atoms with van der Waals surface area (Å²) in [5.74, 6) is -2.86. The number of aromatic nitrogens is 2. The number of carbonyl (C=O) groups excluding carboxylic acids is 1. The number of nitrogens with one attached hydrogen (secondary N) is 1. The number of piperidine rings is 1. The molecule has 3 aromatic rings. The van der Waals surface area contributed by atoms with Crippen molar-refractivity contribution in [3.63, 3.8) is 0 Å². The van der Waals surface area contributed by atoms with E-state index < -0.39 is 11.8 Å². The normalized spacial score (nSPS) is 21.1. The minimum absolute atomic E-state index is 0.0720. The van der Waals surface area contributed by atoms with Gasteiger partial charge in [-0.1, -0.05) is 13.0 Å². The predicted molar refractivity (Wildman–Crippen MR) is 126 cm³/mol. The van der Waals surface area contributed by atoms with Crippen LogP contribution in [0.4, 0.5) is 8.78 Å². The van der Waals surface area contributed by atoms with E-state index in [0.717, 1.165) is 41.7 Å². The summed E-state index contributed by atoms with van der Waals surface area (Å²) in [6.45, 7) is 5.49. The summed E-state index contributed by atoms with van der Waals surface area (Å²) >= 11 is 0. The molecule has 2 fully saturated rings. The van der Waals surface area contributed by atoms with Gasteiger partial charge in [-0.05, 0) is 73.9 Å². The second-order valence-corrected chi connectivity index (χ2v) is 9.72. The molecular weight excluding hydrogens is 420 g/mol. The fraction of sp³-hybridized carbons (Fsp3) is 0.481. The van der Waals surface area contributed by atoms with Crippen molar-refractivity contribution < 1.29 is 13.6 Å². The van der Waals surface area contributed by atoms with E-state index >= 15 is 0 Å². The van der Waals surface area contributed by atoms with E-state index in [9.17, 15) is 13.6 Å². The number of benzene rings is 1. The molecule has 5 rings (SSSR count). The van der Waals surface area contributed by atoms with Crippen LogP contribution in [0.2, 0.25) is 0 Å². The Bertz CT molecular complexity index is 1180. The molecule has 4 nitrogen and oxygen atoms in total. The van der Waals surface area contributed by atoms with Crippen molar-refractivity contribution in [2.24, 2.45) is 5.92 Å². The molecule has 1 aliphatic heterocycles. The minimum atomic E-state index is -2.67. The number of fused-ring (bicyclic) bond motifs is 1. The van der Waals surface area contributed by atoms with Gasteiger partial charge in [-0.3, -0.25) is 9.78 Å². The highest BCUT2D eigenvalue weighted by Crippen LogP contribution is 2.41. The number of aryl methyl sites for hydroxylation is 2. The van der Waals surface area contributed by atoms with Crippen molar-refractivity contribution >= 4 is 16.8 Å². The number of carbonyl (C=O) groups is 1. The van der Waals surface area contributed by atoms with Crippen molar-refractivity contribution in [2.45, 2.75) is 64.2 Å². The zero-order chi connectivity index (χ0) is 23.2. The van der Waals surface area contributed by atoms with E-state index in [1.807, 2.05) is 24.1 Å². The highest BCUT2D eigenvalue weighted by atomic mass is 19.3. The lowest BCUT2D eigenvalue weighted by molar-refractivity contribution is -0.137. The number of pyridine rings is 1. The van der Waals surface area contributed by atoms with Crippen LogP contribution in [-0.2, 0) is 11.2 Å². The highest BCUT2D eigenvalue weighted by Gasteiger charge is 2.44. The summed E-state index contributed by atoms with van der Waals surface area (Å²) in [6.07, 6.45) is 4.41. The van der Waals surface area contributed by atoms with Gasteiger partial charge >= 0.3 is 0 Å². The Morgan fingerprint density at radius 2 is 1.97 bits per heavy atom. The maximum Gasteiger partial charge on any atom is 0.248 e. The molecule has 3 heterocycles. The SMILES string of the molecule is CCc1c(-c2ccnc(C)c2)[nH]c2ccc(C3CCN(C(=O)[C@@H]4CCC(F)(F)C4)CC3)cc12. The first-order valence-corrected chi connectivity index (χ1v) is 12.1. The first kappa shape index (κ1) is 22.1. The van der Waals surface area contributed by atoms with Crippen LogP contribution in [0.15, 0.2) is 36.5 Å². The Morgan fingerprint density at radius 3 is 2.64 bits per heavy atom. The summed E-state index contributed by atoms with van der Waals surface area (Å²) < 4.78 is 27.1. The zero-order valence-corrected chi connectivity index (χ0v) is 19.3. The third-order valence-electron chi connectivity index (χ3n) is 7.50. The average Bonchev–Trinajstić information content (AvgIpc) is 3.37. The van der Waals surface area contributed by atoms with E-state index in [1.54, 1.807) is 0 Å². The van der Waals surface area contributed by atoms with Crippen LogP contribution in [0.3, 0.4) is 0 Å². The molecular formula is C27H31F2N3O. The van der Waals surface area contributed by atoms with Gasteiger partial charge in [-0.15, -0.1) is 0 Å². The molecule has 174 valence electrons. The van der Waals surface area contributed by atoms with Gasteiger partial charge in [0.2, 0.25) is 11.8 Å². The number of nitrogens with zero attached hydrogens (tertiary/aromatic N) is 2. The molecule has 1 saturated carbocycles. The van der Waals surface area contributed by atoms with Gasteiger partial charge < -0.3 is 9.88 Å². The predicted octanol–water partition coefficient (Wildman–Crippen LogP) is 6.24. The molecule has 6 heteroatoms. The third-order valence-corrected chi connectivity index (χ3v) is 7.50. The maximum absolute atomic E-state index is 13.5. The van der Waals surface area contributed by atoms with E-state index in [1.165, 1.54) is 16.5 Å². The number of likely N-dealkylation sites (tertiary alicyclic amines) is 1. The van der Waals surface area contributed by atoms with Crippen molar-refractivity contribution in [3.8, 4) is 11.3 Å². The van der Waals surface area contributed by atoms with Crippen molar-refractivity contribution in [2.75, 3.05) is 13.1 Å². The first-order valence-electron chi connectivity index (χ1n) is 12.1. The summed E-state index contributed by atoms with van der Waals surface area (Å²) in [6, 6.07) is 10.8. The van der Waals surface area contributed by atoms with E-state index in [4.69, 9.17) is 0 Å². The molecule has 0 spiro atoms. The lowest BCUT2D eigenvalue weighted by Gasteiger charge is -2.34. The second kappa shape index (κ2) is 8.54. The standard InChI is InChI=1S/C27H31F2N3O/c1-3-22-23-15-19(4-5-24(23)31-25(22)20-7-11-30-17(2)14-20)18-8-12-32(13-9-18)26(33)21-6-10-27(28,29)16-21/h4-5,7,11,14-15,18,21,31H,3,6,8-10,12-13,16H2,1-2H3/t21-/m1/s1. The lowest BCUT2D eigenvalue weighted by Crippen LogP contribution is -2.41. The number of H-pyrrole nitrogens is 1. The van der Waals surface area contributed by atoms with Crippen LogP contribution in [0, 0.1) is 12.8 Å². The van der Waals surface area contributed by atoms with Crippen LogP contribution in [0.1, 0.15) is 61.8 Å². The maximum atomic E-state index is 13.5. The molecule has 0 unspecified atom stereocenters. The number of halogens is 2. The Balaban J connectivity index is 1.33. The summed E-state index contributed by atoms with van der Waals surface area (Å²) in [5.41, 5.74) is 7.05. The fourth-order valence-electron chi connectivity index (χ4n) is 5.69. The van der Waals surface area contributed by atoms with Crippen LogP contribution in [-0.4, -0.2) is 39.8 Å². The Labute approximate surface area is 193 Å². The van der Waals surface area contributed by atoms with Crippen molar-refractivity contribution in [3.05, 3.63) is 53.3 Å². The summed E-state index contributed by atoms with van der Waals surface area (Å²) in [7, 11) is 0. The smallest absolute Gasteiger partial charge is 0.248 e. The van der Waals surface area contributed by atoms with Crippen molar-refractivity contribution in [1.29, 1.82) is 0 Å². The van der Waals surface area contributed by atoms with Gasteiger partial charge in [0, 0.05) is 65.9 Å². The molecule has 1 N–H and O–H groups in total. The molecule has 0 radical (unpaired) electrons. The van der Waals surface area contributed by atoms with Gasteiger partial charge in [0.1, 0.15) is 0 Å². The molecule has 1 aliphatic carbocycles. The summed E-state index contributed by atoms with van der Waals surface area (Å²) in [4.78, 5) is 22.5. The van der Waals surface area contributed by atoms with Crippen LogP contribution in [0.5, 0.6) is 0 Å². The molecule has 1 amide bonds. The topological polar surface area (TPSA) is 49.0 Å². The number of hydrogen-bond donors (Lipinski definition) is 1. The highest BCUT2D eigenvalue weighted by molar-refractivity contribution is 5.91. The Morgan fingerprint density at radius 1 is 1.18 bits per heavy atom. The fourth-order valence-corrected chi connectivity index (χ4v) is 5.69. The first-order chi connectivity index (χ1) is 15.8. The number of aromatic amines is 1. The molecule has 1 saturated heterocycles. The Hall–Kier alpha value is -2.76. The summed E-state index contributed by atoms with van der Waals surface area (Å²) in [5, 5.41) is 1.26. The molecule has 2 aliphatic rings. The molecule has 1 atom stereocenters. The van der Waals surface area contributed by atoms with Gasteiger partial charge in [-0.2, -0.15) is 0 Å². The van der Waals surface area contributed by atoms with Crippen LogP contribution >= 0.6 is 0 Å². The molecule has 1 aromatic carbocycles. The van der Waals surface area contributed by atoms with Gasteiger partial charge in [0.15, 0.2) is 0 Å². The zero-order valence-electron chi connectivity index (χ0n) is 19.3. The second-order valence-electron chi connectivity index (χ2n) is 9.72. The quantitative estimate of drug-likeness (QED) is 0.510. The minimum Gasteiger partial charge on any atom is -0.354 e. The molecule has 33 heavy (non-hydrogen) atoms. The van der Waals surface area contributed by atoms with E-state index in [0.29, 0.717) is 25.4 Å². The molecule has 0 bridgehead atoms. The number of hydrogen-bond acceptors (Lipinski definition) is 2. The van der Waals surface area contributed by atoms with Gasteiger partial charge in [0.05, 0.1) is 0 Å². The van der Waals surface area contributed by atoms with E-state index in [-0.39, 0.29) is 18.7 Å². The van der Waals surface area contributed by atoms with Crippen molar-refractivity contribution in [1.82, 2.24) is 14.9 Å². The largest absolute Gasteiger partial charge is 0.354 e. The van der Waals surface area contributed by atoms with Gasteiger partial charge in [0.25, 0.3) is 0 Å². The van der Waals surface area contributed by atoms with E-state index in [2.05, 4.69) is 41.2 Å². The number of amides is 1.